The fraction of sp³-hybridized carbons (Fsp3) is 0.923. The van der Waals surface area contributed by atoms with Crippen molar-refractivity contribution < 1.29 is 4.79 Å². The SMILES string of the molecule is CC1CCC(C(=O)NC(CN)C2CC2)CC1. The first-order valence-electron chi connectivity index (χ1n) is 6.71. The van der Waals surface area contributed by atoms with Crippen molar-refractivity contribution in [1.29, 1.82) is 0 Å². The van der Waals surface area contributed by atoms with Gasteiger partial charge in [0.15, 0.2) is 0 Å². The van der Waals surface area contributed by atoms with Gasteiger partial charge in [0, 0.05) is 18.5 Å². The van der Waals surface area contributed by atoms with Gasteiger partial charge >= 0.3 is 0 Å². The van der Waals surface area contributed by atoms with Gasteiger partial charge in [-0.1, -0.05) is 6.92 Å². The highest BCUT2D eigenvalue weighted by atomic mass is 16.1. The third kappa shape index (κ3) is 2.97. The van der Waals surface area contributed by atoms with Gasteiger partial charge < -0.3 is 11.1 Å². The molecule has 2 aliphatic rings. The normalized spacial score (nSPS) is 32.1. The van der Waals surface area contributed by atoms with Crippen LogP contribution in [0.3, 0.4) is 0 Å². The molecule has 0 aromatic rings. The van der Waals surface area contributed by atoms with E-state index in [-0.39, 0.29) is 17.9 Å². The summed E-state index contributed by atoms with van der Waals surface area (Å²) in [6.45, 7) is 2.88. The molecule has 0 saturated heterocycles. The second-order valence-corrected chi connectivity index (χ2v) is 5.65. The Morgan fingerprint density at radius 1 is 1.25 bits per heavy atom. The highest BCUT2D eigenvalue weighted by molar-refractivity contribution is 5.79. The van der Waals surface area contributed by atoms with Crippen molar-refractivity contribution in [2.45, 2.75) is 51.5 Å². The van der Waals surface area contributed by atoms with Crippen molar-refractivity contribution >= 4 is 5.91 Å². The van der Waals surface area contributed by atoms with E-state index < -0.39 is 0 Å². The van der Waals surface area contributed by atoms with Crippen molar-refractivity contribution in [3.05, 3.63) is 0 Å². The molecule has 0 bridgehead atoms. The van der Waals surface area contributed by atoms with Gasteiger partial charge in [-0.25, -0.2) is 0 Å². The van der Waals surface area contributed by atoms with E-state index in [1.165, 1.54) is 25.7 Å². The number of carbonyl (C=O) groups is 1. The van der Waals surface area contributed by atoms with Gasteiger partial charge in [-0.2, -0.15) is 0 Å². The van der Waals surface area contributed by atoms with Crippen molar-refractivity contribution in [2.24, 2.45) is 23.5 Å². The molecule has 0 spiro atoms. The monoisotopic (exact) mass is 224 g/mol. The first-order valence-corrected chi connectivity index (χ1v) is 6.71. The zero-order valence-corrected chi connectivity index (χ0v) is 10.2. The number of nitrogens with one attached hydrogen (secondary N) is 1. The summed E-state index contributed by atoms with van der Waals surface area (Å²) in [6.07, 6.45) is 7.02. The third-order valence-corrected chi connectivity index (χ3v) is 4.16. The van der Waals surface area contributed by atoms with Crippen molar-refractivity contribution in [3.63, 3.8) is 0 Å². The van der Waals surface area contributed by atoms with Crippen LogP contribution < -0.4 is 11.1 Å². The Hall–Kier alpha value is -0.570. The Morgan fingerprint density at radius 3 is 2.38 bits per heavy atom. The molecule has 0 radical (unpaired) electrons. The van der Waals surface area contributed by atoms with E-state index in [1.807, 2.05) is 0 Å². The van der Waals surface area contributed by atoms with Crippen LogP contribution in [0.15, 0.2) is 0 Å². The average molecular weight is 224 g/mol. The van der Waals surface area contributed by atoms with Crippen LogP contribution in [0.2, 0.25) is 0 Å². The Kier molecular flexibility index (Phi) is 3.85. The summed E-state index contributed by atoms with van der Waals surface area (Å²) >= 11 is 0. The number of hydrogen-bond donors (Lipinski definition) is 2. The van der Waals surface area contributed by atoms with E-state index in [0.29, 0.717) is 12.5 Å². The van der Waals surface area contributed by atoms with E-state index in [2.05, 4.69) is 12.2 Å². The van der Waals surface area contributed by atoms with Crippen molar-refractivity contribution in [2.75, 3.05) is 6.54 Å². The molecule has 2 aliphatic carbocycles. The minimum absolute atomic E-state index is 0.242. The standard InChI is InChI=1S/C13H24N2O/c1-9-2-4-11(5-3-9)13(16)15-12(8-14)10-6-7-10/h9-12H,2-8,14H2,1H3,(H,15,16). The molecule has 2 fully saturated rings. The Labute approximate surface area is 98.2 Å². The van der Waals surface area contributed by atoms with E-state index in [1.54, 1.807) is 0 Å². The van der Waals surface area contributed by atoms with Gasteiger partial charge in [-0.3, -0.25) is 4.79 Å². The Morgan fingerprint density at radius 2 is 1.88 bits per heavy atom. The molecule has 3 N–H and O–H groups in total. The highest BCUT2D eigenvalue weighted by Crippen LogP contribution is 2.33. The molecule has 3 nitrogen and oxygen atoms in total. The summed E-state index contributed by atoms with van der Waals surface area (Å²) in [7, 11) is 0. The van der Waals surface area contributed by atoms with Crippen LogP contribution in [-0.2, 0) is 4.79 Å². The van der Waals surface area contributed by atoms with Crippen LogP contribution in [0.5, 0.6) is 0 Å². The fourth-order valence-corrected chi connectivity index (χ4v) is 2.69. The molecule has 0 aromatic heterocycles. The van der Waals surface area contributed by atoms with Crippen LogP contribution in [0.4, 0.5) is 0 Å². The lowest BCUT2D eigenvalue weighted by Crippen LogP contribution is -2.45. The lowest BCUT2D eigenvalue weighted by atomic mass is 9.82. The minimum Gasteiger partial charge on any atom is -0.352 e. The van der Waals surface area contributed by atoms with Crippen LogP contribution in [-0.4, -0.2) is 18.5 Å². The number of amides is 1. The van der Waals surface area contributed by atoms with E-state index in [4.69, 9.17) is 5.73 Å². The first-order chi connectivity index (χ1) is 7.70. The lowest BCUT2D eigenvalue weighted by molar-refractivity contribution is -0.127. The van der Waals surface area contributed by atoms with E-state index in [9.17, 15) is 4.79 Å². The van der Waals surface area contributed by atoms with Gasteiger partial charge in [0.1, 0.15) is 0 Å². The Bertz CT molecular complexity index is 242. The number of rotatable bonds is 4. The summed E-state index contributed by atoms with van der Waals surface area (Å²) in [5.41, 5.74) is 5.70. The fourth-order valence-electron chi connectivity index (χ4n) is 2.69. The van der Waals surface area contributed by atoms with Crippen molar-refractivity contribution in [1.82, 2.24) is 5.32 Å². The largest absolute Gasteiger partial charge is 0.352 e. The minimum atomic E-state index is 0.242. The molecular formula is C13H24N2O. The van der Waals surface area contributed by atoms with Gasteiger partial charge in [0.25, 0.3) is 0 Å². The van der Waals surface area contributed by atoms with Gasteiger partial charge in [0.2, 0.25) is 5.91 Å². The molecule has 0 heterocycles. The maximum Gasteiger partial charge on any atom is 0.223 e. The molecule has 1 atom stereocenters. The summed E-state index contributed by atoms with van der Waals surface area (Å²) < 4.78 is 0. The zero-order chi connectivity index (χ0) is 11.5. The topological polar surface area (TPSA) is 55.1 Å². The first kappa shape index (κ1) is 11.9. The van der Waals surface area contributed by atoms with Crippen LogP contribution in [0.25, 0.3) is 0 Å². The molecule has 3 heteroatoms. The molecule has 2 rings (SSSR count). The highest BCUT2D eigenvalue weighted by Gasteiger charge is 2.33. The van der Waals surface area contributed by atoms with Crippen LogP contribution >= 0.6 is 0 Å². The molecule has 2 saturated carbocycles. The third-order valence-electron chi connectivity index (χ3n) is 4.16. The van der Waals surface area contributed by atoms with Gasteiger partial charge in [0.05, 0.1) is 0 Å². The second-order valence-electron chi connectivity index (χ2n) is 5.65. The predicted octanol–water partition coefficient (Wildman–Crippen LogP) is 1.67. The van der Waals surface area contributed by atoms with Crippen molar-refractivity contribution in [3.8, 4) is 0 Å². The molecule has 0 aliphatic heterocycles. The smallest absolute Gasteiger partial charge is 0.223 e. The van der Waals surface area contributed by atoms with Gasteiger partial charge in [-0.05, 0) is 50.4 Å². The maximum absolute atomic E-state index is 12.0. The lowest BCUT2D eigenvalue weighted by Gasteiger charge is -2.27. The van der Waals surface area contributed by atoms with E-state index >= 15 is 0 Å². The molecule has 1 amide bonds. The molecule has 0 aromatic carbocycles. The summed E-state index contributed by atoms with van der Waals surface area (Å²) in [5.74, 6) is 1.98. The number of nitrogens with two attached hydrogens (primary N) is 1. The summed E-state index contributed by atoms with van der Waals surface area (Å²) in [6, 6.07) is 0.242. The zero-order valence-electron chi connectivity index (χ0n) is 10.2. The second kappa shape index (κ2) is 5.17. The average Bonchev–Trinajstić information content (AvgIpc) is 3.10. The van der Waals surface area contributed by atoms with E-state index in [0.717, 1.165) is 18.8 Å². The summed E-state index contributed by atoms with van der Waals surface area (Å²) in [4.78, 5) is 12.0. The molecule has 92 valence electrons. The summed E-state index contributed by atoms with van der Waals surface area (Å²) in [5, 5.41) is 3.15. The van der Waals surface area contributed by atoms with Gasteiger partial charge in [-0.15, -0.1) is 0 Å². The number of carbonyl (C=O) groups excluding carboxylic acids is 1. The maximum atomic E-state index is 12.0. The Balaban J connectivity index is 1.78. The molecular weight excluding hydrogens is 200 g/mol. The molecule has 1 unspecified atom stereocenters. The number of hydrogen-bond acceptors (Lipinski definition) is 2. The quantitative estimate of drug-likeness (QED) is 0.763. The van der Waals surface area contributed by atoms with Crippen LogP contribution in [0, 0.1) is 17.8 Å². The predicted molar refractivity (Wildman–Crippen MR) is 64.8 cm³/mol. The molecule has 16 heavy (non-hydrogen) atoms. The van der Waals surface area contributed by atoms with Crippen LogP contribution in [0.1, 0.15) is 45.4 Å².